The lowest BCUT2D eigenvalue weighted by molar-refractivity contribution is 0.249. The minimum absolute atomic E-state index is 0.179. The van der Waals surface area contributed by atoms with Crippen molar-refractivity contribution in [1.29, 1.82) is 0 Å². The van der Waals surface area contributed by atoms with Gasteiger partial charge in [-0.1, -0.05) is 84.4 Å². The molecule has 0 fully saturated rings. The number of nitrogen functional groups attached to an aromatic ring is 1. The first-order chi connectivity index (χ1) is 15.0. The van der Waals surface area contributed by atoms with Gasteiger partial charge < -0.3 is 16.4 Å². The minimum atomic E-state index is -0.376. The number of para-hydroxylation sites is 1. The van der Waals surface area contributed by atoms with E-state index in [0.717, 1.165) is 11.1 Å². The number of hydrogen-bond donors (Lipinski definition) is 3. The molecule has 0 saturated heterocycles. The predicted octanol–water partition coefficient (Wildman–Crippen LogP) is 5.66. The summed E-state index contributed by atoms with van der Waals surface area (Å²) in [5, 5.41) is 11.0. The van der Waals surface area contributed by atoms with E-state index < -0.39 is 0 Å². The zero-order valence-electron chi connectivity index (χ0n) is 16.9. The summed E-state index contributed by atoms with van der Waals surface area (Å²) >= 11 is 6.36. The number of carbonyl (C=O) groups is 1. The molecule has 156 valence electrons. The summed E-state index contributed by atoms with van der Waals surface area (Å²) in [6.07, 6.45) is 0. The van der Waals surface area contributed by atoms with Crippen LogP contribution >= 0.6 is 11.6 Å². The molecule has 7 heteroatoms. The third-order valence-corrected chi connectivity index (χ3v) is 5.25. The molecule has 2 amide bonds. The molecule has 0 spiro atoms. The van der Waals surface area contributed by atoms with Gasteiger partial charge in [-0.15, -0.1) is 0 Å². The fraction of sp³-hybridized carbons (Fsp3) is 0.0833. The Kier molecular flexibility index (Phi) is 5.91. The Labute approximate surface area is 185 Å². The van der Waals surface area contributed by atoms with Crippen LogP contribution in [0, 0.1) is 0 Å². The summed E-state index contributed by atoms with van der Waals surface area (Å²) in [7, 11) is 0. The monoisotopic (exact) mass is 431 g/mol. The van der Waals surface area contributed by atoms with Crippen LogP contribution < -0.4 is 16.4 Å². The van der Waals surface area contributed by atoms with Crippen LogP contribution in [0.1, 0.15) is 18.5 Å². The van der Waals surface area contributed by atoms with Gasteiger partial charge in [0, 0.05) is 5.56 Å². The largest absolute Gasteiger partial charge is 0.382 e. The molecule has 0 saturated carbocycles. The molecule has 1 atom stereocenters. The highest BCUT2D eigenvalue weighted by molar-refractivity contribution is 6.32. The number of nitrogens with one attached hydrogen (secondary N) is 2. The third kappa shape index (κ3) is 4.39. The number of halogens is 1. The normalized spacial score (nSPS) is 11.7. The molecule has 6 nitrogen and oxygen atoms in total. The Balaban J connectivity index is 1.69. The number of aromatic nitrogens is 2. The Morgan fingerprint density at radius 3 is 2.26 bits per heavy atom. The number of hydrogen-bond acceptors (Lipinski definition) is 3. The Bertz CT molecular complexity index is 1190. The average Bonchev–Trinajstić information content (AvgIpc) is 3.11. The first-order valence-corrected chi connectivity index (χ1v) is 10.2. The number of nitrogens with two attached hydrogens (primary N) is 1. The fourth-order valence-corrected chi connectivity index (χ4v) is 3.55. The summed E-state index contributed by atoms with van der Waals surface area (Å²) < 4.78 is 1.54. The quantitative estimate of drug-likeness (QED) is 0.381. The van der Waals surface area contributed by atoms with Crippen LogP contribution in [-0.4, -0.2) is 15.8 Å². The zero-order chi connectivity index (χ0) is 21.8. The molecule has 0 radical (unpaired) electrons. The topological polar surface area (TPSA) is 85.0 Å². The van der Waals surface area contributed by atoms with Crippen LogP contribution in [0.15, 0.2) is 84.9 Å². The molecule has 0 aliphatic heterocycles. The van der Waals surface area contributed by atoms with Crippen LogP contribution in [0.4, 0.5) is 16.3 Å². The second kappa shape index (κ2) is 8.93. The van der Waals surface area contributed by atoms with E-state index in [-0.39, 0.29) is 17.9 Å². The van der Waals surface area contributed by atoms with Gasteiger partial charge in [-0.05, 0) is 24.6 Å². The SMILES string of the molecule is CC(NC(=O)Nc1c(-c2ccccc2)nn(-c2ccccc2Cl)c1N)c1ccccc1. The van der Waals surface area contributed by atoms with Crippen molar-refractivity contribution < 1.29 is 4.79 Å². The highest BCUT2D eigenvalue weighted by Gasteiger charge is 2.21. The van der Waals surface area contributed by atoms with Crippen molar-refractivity contribution in [2.75, 3.05) is 11.1 Å². The number of urea groups is 1. The summed E-state index contributed by atoms with van der Waals surface area (Å²) in [4.78, 5) is 12.8. The first kappa shape index (κ1) is 20.5. The van der Waals surface area contributed by atoms with E-state index in [1.807, 2.05) is 85.8 Å². The van der Waals surface area contributed by atoms with Crippen LogP contribution in [0.2, 0.25) is 5.02 Å². The molecule has 1 unspecified atom stereocenters. The van der Waals surface area contributed by atoms with Crippen LogP contribution in [0.5, 0.6) is 0 Å². The van der Waals surface area contributed by atoms with Crippen LogP contribution in [0.3, 0.4) is 0 Å². The van der Waals surface area contributed by atoms with E-state index in [4.69, 9.17) is 17.3 Å². The van der Waals surface area contributed by atoms with E-state index in [1.54, 1.807) is 10.7 Å². The summed E-state index contributed by atoms with van der Waals surface area (Å²) in [5.41, 5.74) is 9.86. The molecule has 4 N–H and O–H groups in total. The Morgan fingerprint density at radius 2 is 1.58 bits per heavy atom. The van der Waals surface area contributed by atoms with Crippen molar-refractivity contribution in [2.45, 2.75) is 13.0 Å². The molecular weight excluding hydrogens is 410 g/mol. The molecule has 4 aromatic rings. The van der Waals surface area contributed by atoms with Crippen molar-refractivity contribution in [2.24, 2.45) is 0 Å². The first-order valence-electron chi connectivity index (χ1n) is 9.86. The standard InChI is InChI=1S/C24H22ClN5O/c1-16(17-10-4-2-5-11-17)27-24(31)28-22-21(18-12-6-3-7-13-18)29-30(23(22)26)20-15-9-8-14-19(20)25/h2-16H,26H2,1H3,(H2,27,28,31). The average molecular weight is 432 g/mol. The summed E-state index contributed by atoms with van der Waals surface area (Å²) in [6, 6.07) is 26.0. The summed E-state index contributed by atoms with van der Waals surface area (Å²) in [6.45, 7) is 1.92. The molecule has 0 aliphatic rings. The molecule has 4 rings (SSSR count). The predicted molar refractivity (Wildman–Crippen MR) is 125 cm³/mol. The van der Waals surface area contributed by atoms with Gasteiger partial charge in [0.1, 0.15) is 11.4 Å². The van der Waals surface area contributed by atoms with E-state index in [0.29, 0.717) is 22.1 Å². The van der Waals surface area contributed by atoms with Crippen molar-refractivity contribution in [1.82, 2.24) is 15.1 Å². The lowest BCUT2D eigenvalue weighted by Crippen LogP contribution is -2.31. The number of rotatable bonds is 5. The van der Waals surface area contributed by atoms with Gasteiger partial charge in [-0.2, -0.15) is 5.10 Å². The van der Waals surface area contributed by atoms with Gasteiger partial charge in [-0.3, -0.25) is 0 Å². The zero-order valence-corrected chi connectivity index (χ0v) is 17.7. The van der Waals surface area contributed by atoms with Gasteiger partial charge in [0.15, 0.2) is 5.82 Å². The van der Waals surface area contributed by atoms with Crippen molar-refractivity contribution >= 4 is 29.1 Å². The third-order valence-electron chi connectivity index (χ3n) is 4.93. The van der Waals surface area contributed by atoms with Crippen molar-refractivity contribution in [3.63, 3.8) is 0 Å². The maximum absolute atomic E-state index is 12.8. The smallest absolute Gasteiger partial charge is 0.319 e. The molecule has 31 heavy (non-hydrogen) atoms. The van der Waals surface area contributed by atoms with Gasteiger partial charge in [0.2, 0.25) is 0 Å². The lowest BCUT2D eigenvalue weighted by atomic mass is 10.1. The molecule has 3 aromatic carbocycles. The van der Waals surface area contributed by atoms with Crippen molar-refractivity contribution in [3.05, 3.63) is 95.5 Å². The second-order valence-corrected chi connectivity index (χ2v) is 7.48. The summed E-state index contributed by atoms with van der Waals surface area (Å²) in [5.74, 6) is 0.287. The molecule has 0 aliphatic carbocycles. The van der Waals surface area contributed by atoms with Gasteiger partial charge in [0.05, 0.1) is 16.8 Å². The Hall–Kier alpha value is -3.77. The van der Waals surface area contributed by atoms with Gasteiger partial charge in [0.25, 0.3) is 0 Å². The maximum Gasteiger partial charge on any atom is 0.319 e. The number of carbonyl (C=O) groups excluding carboxylic acids is 1. The Morgan fingerprint density at radius 1 is 0.968 bits per heavy atom. The molecular formula is C24H22ClN5O. The highest BCUT2D eigenvalue weighted by Crippen LogP contribution is 2.35. The molecule has 1 aromatic heterocycles. The fourth-order valence-electron chi connectivity index (χ4n) is 3.33. The van der Waals surface area contributed by atoms with E-state index >= 15 is 0 Å². The van der Waals surface area contributed by atoms with E-state index in [2.05, 4.69) is 15.7 Å². The number of benzene rings is 3. The number of amides is 2. The minimum Gasteiger partial charge on any atom is -0.382 e. The second-order valence-electron chi connectivity index (χ2n) is 7.07. The van der Waals surface area contributed by atoms with Crippen LogP contribution in [-0.2, 0) is 0 Å². The van der Waals surface area contributed by atoms with Gasteiger partial charge in [-0.25, -0.2) is 9.48 Å². The molecule has 1 heterocycles. The van der Waals surface area contributed by atoms with Crippen LogP contribution in [0.25, 0.3) is 16.9 Å². The molecule has 0 bridgehead atoms. The lowest BCUT2D eigenvalue weighted by Gasteiger charge is -2.15. The van der Waals surface area contributed by atoms with Gasteiger partial charge >= 0.3 is 6.03 Å². The maximum atomic E-state index is 12.8. The highest BCUT2D eigenvalue weighted by atomic mass is 35.5. The number of anilines is 2. The van der Waals surface area contributed by atoms with E-state index in [1.165, 1.54) is 0 Å². The number of nitrogens with zero attached hydrogens (tertiary/aromatic N) is 2. The van der Waals surface area contributed by atoms with E-state index in [9.17, 15) is 4.79 Å². The van der Waals surface area contributed by atoms with Crippen molar-refractivity contribution in [3.8, 4) is 16.9 Å².